The van der Waals surface area contributed by atoms with Gasteiger partial charge in [0.2, 0.25) is 5.91 Å². The standard InChI is InChI=1S/C15H19N3O/c1-10-11(2)18(12(3)15(19)17-10)9-14-6-4-5-13(7-14)8-16/h4-7,10-12H,9H2,1-3H3,(H,17,19)/t10-,11+,12+/m0/s1. The van der Waals surface area contributed by atoms with Gasteiger partial charge in [-0.05, 0) is 38.5 Å². The maximum absolute atomic E-state index is 11.9. The Morgan fingerprint density at radius 3 is 2.79 bits per heavy atom. The Kier molecular flexibility index (Phi) is 3.87. The molecule has 1 aromatic rings. The monoisotopic (exact) mass is 257 g/mol. The number of benzene rings is 1. The van der Waals surface area contributed by atoms with Crippen molar-refractivity contribution >= 4 is 5.91 Å². The van der Waals surface area contributed by atoms with Gasteiger partial charge in [-0.3, -0.25) is 9.69 Å². The molecule has 1 aliphatic rings. The molecule has 4 nitrogen and oxygen atoms in total. The second kappa shape index (κ2) is 5.41. The fourth-order valence-electron chi connectivity index (χ4n) is 2.49. The van der Waals surface area contributed by atoms with E-state index in [1.54, 1.807) is 6.07 Å². The molecular formula is C15H19N3O. The van der Waals surface area contributed by atoms with Gasteiger partial charge in [0, 0.05) is 18.6 Å². The van der Waals surface area contributed by atoms with Crippen molar-refractivity contribution in [1.82, 2.24) is 10.2 Å². The summed E-state index contributed by atoms with van der Waals surface area (Å²) in [5.41, 5.74) is 1.73. The minimum atomic E-state index is -0.142. The lowest BCUT2D eigenvalue weighted by atomic mass is 10.0. The number of nitrogens with zero attached hydrogens (tertiary/aromatic N) is 2. The lowest BCUT2D eigenvalue weighted by Gasteiger charge is -2.42. The van der Waals surface area contributed by atoms with E-state index in [0.29, 0.717) is 12.1 Å². The molecular weight excluding hydrogens is 238 g/mol. The molecule has 1 fully saturated rings. The molecule has 100 valence electrons. The molecule has 1 saturated heterocycles. The smallest absolute Gasteiger partial charge is 0.237 e. The molecule has 1 heterocycles. The van der Waals surface area contributed by atoms with E-state index in [9.17, 15) is 4.79 Å². The molecule has 1 amide bonds. The summed E-state index contributed by atoms with van der Waals surface area (Å²) in [4.78, 5) is 14.0. The lowest BCUT2D eigenvalue weighted by molar-refractivity contribution is -0.132. The van der Waals surface area contributed by atoms with Gasteiger partial charge in [-0.1, -0.05) is 12.1 Å². The van der Waals surface area contributed by atoms with Crippen LogP contribution in [0.4, 0.5) is 0 Å². The fourth-order valence-corrected chi connectivity index (χ4v) is 2.49. The van der Waals surface area contributed by atoms with Crippen molar-refractivity contribution < 1.29 is 4.79 Å². The molecule has 0 unspecified atom stereocenters. The van der Waals surface area contributed by atoms with E-state index in [4.69, 9.17) is 5.26 Å². The van der Waals surface area contributed by atoms with Gasteiger partial charge in [0.1, 0.15) is 0 Å². The summed E-state index contributed by atoms with van der Waals surface area (Å²) in [6, 6.07) is 9.99. The van der Waals surface area contributed by atoms with Gasteiger partial charge in [0.25, 0.3) is 0 Å². The first-order chi connectivity index (χ1) is 9.02. The average Bonchev–Trinajstić information content (AvgIpc) is 2.41. The maximum atomic E-state index is 11.9. The van der Waals surface area contributed by atoms with Gasteiger partial charge in [-0.25, -0.2) is 0 Å². The van der Waals surface area contributed by atoms with E-state index in [1.165, 1.54) is 0 Å². The number of hydrogen-bond donors (Lipinski definition) is 1. The van der Waals surface area contributed by atoms with Crippen LogP contribution in [-0.4, -0.2) is 28.9 Å². The molecule has 19 heavy (non-hydrogen) atoms. The first kappa shape index (κ1) is 13.6. The Morgan fingerprint density at radius 2 is 2.11 bits per heavy atom. The summed E-state index contributed by atoms with van der Waals surface area (Å²) >= 11 is 0. The minimum absolute atomic E-state index is 0.0713. The highest BCUT2D eigenvalue weighted by Crippen LogP contribution is 2.19. The molecule has 3 atom stereocenters. The van der Waals surface area contributed by atoms with Crippen LogP contribution in [0.15, 0.2) is 24.3 Å². The molecule has 0 aliphatic carbocycles. The first-order valence-corrected chi connectivity index (χ1v) is 6.58. The highest BCUT2D eigenvalue weighted by Gasteiger charge is 2.34. The highest BCUT2D eigenvalue weighted by molar-refractivity contribution is 5.82. The van der Waals surface area contributed by atoms with Crippen LogP contribution in [0.1, 0.15) is 31.9 Å². The molecule has 1 N–H and O–H groups in total. The van der Waals surface area contributed by atoms with Gasteiger partial charge in [-0.15, -0.1) is 0 Å². The molecule has 2 rings (SSSR count). The van der Waals surface area contributed by atoms with Gasteiger partial charge < -0.3 is 5.32 Å². The lowest BCUT2D eigenvalue weighted by Crippen LogP contribution is -2.62. The predicted octanol–water partition coefficient (Wildman–Crippen LogP) is 1.66. The summed E-state index contributed by atoms with van der Waals surface area (Å²) in [5, 5.41) is 11.9. The second-order valence-corrected chi connectivity index (χ2v) is 5.20. The van der Waals surface area contributed by atoms with Crippen LogP contribution in [0.3, 0.4) is 0 Å². The minimum Gasteiger partial charge on any atom is -0.351 e. The summed E-state index contributed by atoms with van der Waals surface area (Å²) in [6.07, 6.45) is 0. The van der Waals surface area contributed by atoms with Crippen LogP contribution in [-0.2, 0) is 11.3 Å². The number of hydrogen-bond acceptors (Lipinski definition) is 3. The Balaban J connectivity index is 2.20. The number of piperazine rings is 1. The molecule has 1 aliphatic heterocycles. The third-order valence-electron chi connectivity index (χ3n) is 3.91. The van der Waals surface area contributed by atoms with Crippen molar-refractivity contribution in [2.24, 2.45) is 0 Å². The van der Waals surface area contributed by atoms with E-state index in [-0.39, 0.29) is 24.0 Å². The van der Waals surface area contributed by atoms with Gasteiger partial charge in [-0.2, -0.15) is 5.26 Å². The van der Waals surface area contributed by atoms with Crippen LogP contribution in [0, 0.1) is 11.3 Å². The number of nitriles is 1. The van der Waals surface area contributed by atoms with Crippen molar-refractivity contribution in [2.45, 2.75) is 45.4 Å². The Morgan fingerprint density at radius 1 is 1.37 bits per heavy atom. The normalized spacial score (nSPS) is 27.7. The Bertz CT molecular complexity index is 520. The summed E-state index contributed by atoms with van der Waals surface area (Å²) < 4.78 is 0. The molecule has 0 radical (unpaired) electrons. The van der Waals surface area contributed by atoms with Crippen LogP contribution in [0.2, 0.25) is 0 Å². The van der Waals surface area contributed by atoms with E-state index >= 15 is 0 Å². The molecule has 0 aromatic heterocycles. The number of rotatable bonds is 2. The van der Waals surface area contributed by atoms with Crippen LogP contribution >= 0.6 is 0 Å². The SMILES string of the molecule is C[C@@H]1NC(=O)[C@@H](C)N(Cc2cccc(C#N)c2)[C@@H]1C. The summed E-state index contributed by atoms with van der Waals surface area (Å²) in [7, 11) is 0. The van der Waals surface area contributed by atoms with Crippen molar-refractivity contribution in [3.8, 4) is 6.07 Å². The Labute approximate surface area is 114 Å². The van der Waals surface area contributed by atoms with E-state index in [0.717, 1.165) is 5.56 Å². The third kappa shape index (κ3) is 2.77. The molecule has 0 bridgehead atoms. The van der Waals surface area contributed by atoms with Gasteiger partial charge >= 0.3 is 0 Å². The number of carbonyl (C=O) groups is 1. The molecule has 1 aromatic carbocycles. The van der Waals surface area contributed by atoms with Crippen molar-refractivity contribution in [1.29, 1.82) is 5.26 Å². The highest BCUT2D eigenvalue weighted by atomic mass is 16.2. The van der Waals surface area contributed by atoms with Gasteiger partial charge in [0.15, 0.2) is 0 Å². The largest absolute Gasteiger partial charge is 0.351 e. The Hall–Kier alpha value is -1.86. The molecule has 0 spiro atoms. The van der Waals surface area contributed by atoms with Crippen LogP contribution in [0.25, 0.3) is 0 Å². The van der Waals surface area contributed by atoms with E-state index in [1.807, 2.05) is 32.0 Å². The van der Waals surface area contributed by atoms with Crippen molar-refractivity contribution in [3.63, 3.8) is 0 Å². The van der Waals surface area contributed by atoms with E-state index < -0.39 is 0 Å². The zero-order valence-corrected chi connectivity index (χ0v) is 11.6. The van der Waals surface area contributed by atoms with E-state index in [2.05, 4.69) is 23.2 Å². The predicted molar refractivity (Wildman–Crippen MR) is 73.2 cm³/mol. The summed E-state index contributed by atoms with van der Waals surface area (Å²) in [5.74, 6) is 0.0713. The molecule has 0 saturated carbocycles. The maximum Gasteiger partial charge on any atom is 0.237 e. The van der Waals surface area contributed by atoms with Crippen LogP contribution < -0.4 is 5.32 Å². The number of nitrogens with one attached hydrogen (secondary N) is 1. The zero-order chi connectivity index (χ0) is 14.0. The quantitative estimate of drug-likeness (QED) is 0.876. The van der Waals surface area contributed by atoms with Crippen LogP contribution in [0.5, 0.6) is 0 Å². The third-order valence-corrected chi connectivity index (χ3v) is 3.91. The zero-order valence-electron chi connectivity index (χ0n) is 11.6. The number of carbonyl (C=O) groups excluding carboxylic acids is 1. The second-order valence-electron chi connectivity index (χ2n) is 5.20. The average molecular weight is 257 g/mol. The van der Waals surface area contributed by atoms with Crippen molar-refractivity contribution in [2.75, 3.05) is 0 Å². The van der Waals surface area contributed by atoms with Gasteiger partial charge in [0.05, 0.1) is 17.7 Å². The first-order valence-electron chi connectivity index (χ1n) is 6.58. The molecule has 4 heteroatoms. The topological polar surface area (TPSA) is 56.1 Å². The summed E-state index contributed by atoms with van der Waals surface area (Å²) in [6.45, 7) is 6.75. The number of amides is 1. The van der Waals surface area contributed by atoms with Crippen molar-refractivity contribution in [3.05, 3.63) is 35.4 Å². The fraction of sp³-hybridized carbons (Fsp3) is 0.467.